The van der Waals surface area contributed by atoms with E-state index in [9.17, 15) is 13.6 Å². The Bertz CT molecular complexity index is 1060. The topological polar surface area (TPSA) is 72.6 Å². The molecule has 7 nitrogen and oxygen atoms in total. The van der Waals surface area contributed by atoms with Crippen LogP contribution >= 0.6 is 0 Å². The van der Waals surface area contributed by atoms with Crippen LogP contribution in [-0.4, -0.2) is 50.6 Å². The predicted octanol–water partition coefficient (Wildman–Crippen LogP) is 3.33. The van der Waals surface area contributed by atoms with Crippen LogP contribution in [0.3, 0.4) is 0 Å². The highest BCUT2D eigenvalue weighted by Crippen LogP contribution is 2.30. The first kappa shape index (κ1) is 20.2. The van der Waals surface area contributed by atoms with Crippen molar-refractivity contribution in [2.75, 3.05) is 20.2 Å². The smallest absolute Gasteiger partial charge is 0.280 e. The normalized spacial score (nSPS) is 15.2. The number of aromatic nitrogens is 4. The number of halogens is 2. The Morgan fingerprint density at radius 1 is 1.27 bits per heavy atom. The number of hydrogen-bond donors (Lipinski definition) is 0. The van der Waals surface area contributed by atoms with E-state index in [0.29, 0.717) is 38.0 Å². The number of rotatable bonds is 5. The summed E-state index contributed by atoms with van der Waals surface area (Å²) in [7, 11) is 1.62. The Hall–Kier alpha value is -3.10. The van der Waals surface area contributed by atoms with Gasteiger partial charge >= 0.3 is 0 Å². The minimum absolute atomic E-state index is 0.0106. The molecule has 1 saturated heterocycles. The van der Waals surface area contributed by atoms with E-state index in [1.165, 1.54) is 12.4 Å². The van der Waals surface area contributed by atoms with E-state index in [-0.39, 0.29) is 23.3 Å². The molecule has 4 rings (SSSR count). The fraction of sp³-hybridized carbons (Fsp3) is 0.429. The summed E-state index contributed by atoms with van der Waals surface area (Å²) < 4.78 is 33.1. The van der Waals surface area contributed by atoms with Crippen LogP contribution in [0.4, 0.5) is 8.78 Å². The number of piperidine rings is 1. The lowest BCUT2D eigenvalue weighted by Gasteiger charge is -2.32. The Balaban J connectivity index is 1.42. The van der Waals surface area contributed by atoms with Crippen LogP contribution in [0.5, 0.6) is 5.75 Å². The number of methoxy groups -OCH3 is 1. The summed E-state index contributed by atoms with van der Waals surface area (Å²) in [5, 5.41) is 3.82. The average Bonchev–Trinajstić information content (AvgIpc) is 3.22. The molecule has 30 heavy (non-hydrogen) atoms. The Kier molecular flexibility index (Phi) is 5.61. The van der Waals surface area contributed by atoms with Gasteiger partial charge in [-0.1, -0.05) is 12.1 Å². The summed E-state index contributed by atoms with van der Waals surface area (Å²) in [6.45, 7) is 3.09. The quantitative estimate of drug-likeness (QED) is 0.639. The maximum Gasteiger partial charge on any atom is 0.280 e. The van der Waals surface area contributed by atoms with Gasteiger partial charge in [0.25, 0.3) is 12.2 Å². The van der Waals surface area contributed by atoms with Crippen molar-refractivity contribution in [3.63, 3.8) is 0 Å². The van der Waals surface area contributed by atoms with Crippen molar-refractivity contribution in [3.8, 4) is 5.75 Å². The molecule has 1 aliphatic heterocycles. The number of nitrogens with zero attached hydrogens (tertiary/aromatic N) is 5. The summed E-state index contributed by atoms with van der Waals surface area (Å²) in [6.07, 6.45) is 0.237. The van der Waals surface area contributed by atoms with E-state index in [0.717, 1.165) is 21.4 Å². The molecule has 0 aliphatic carbocycles. The molecule has 0 atom stereocenters. The predicted molar refractivity (Wildman–Crippen MR) is 106 cm³/mol. The van der Waals surface area contributed by atoms with Crippen molar-refractivity contribution >= 4 is 11.7 Å². The fourth-order valence-electron chi connectivity index (χ4n) is 3.98. The molecule has 1 aromatic carbocycles. The van der Waals surface area contributed by atoms with Crippen LogP contribution in [0, 0.1) is 6.92 Å². The minimum atomic E-state index is -2.66. The molecular weight excluding hydrogens is 392 g/mol. The van der Waals surface area contributed by atoms with Crippen LogP contribution < -0.4 is 4.74 Å². The van der Waals surface area contributed by atoms with Gasteiger partial charge in [-0.05, 0) is 43.0 Å². The molecule has 9 heteroatoms. The second kappa shape index (κ2) is 8.33. The van der Waals surface area contributed by atoms with Crippen molar-refractivity contribution in [3.05, 3.63) is 53.1 Å². The van der Waals surface area contributed by atoms with Gasteiger partial charge in [0.1, 0.15) is 17.8 Å². The summed E-state index contributed by atoms with van der Waals surface area (Å²) in [5.74, 6) is 1.05. The molecule has 0 bridgehead atoms. The van der Waals surface area contributed by atoms with Crippen LogP contribution in [0.25, 0.3) is 5.78 Å². The Morgan fingerprint density at radius 3 is 2.70 bits per heavy atom. The van der Waals surface area contributed by atoms with E-state index in [1.807, 2.05) is 30.0 Å². The average molecular weight is 415 g/mol. The molecule has 1 aliphatic rings. The van der Waals surface area contributed by atoms with E-state index >= 15 is 0 Å². The molecule has 1 amide bonds. The molecule has 1 fully saturated rings. The van der Waals surface area contributed by atoms with E-state index in [1.54, 1.807) is 7.11 Å². The number of benzene rings is 1. The minimum Gasteiger partial charge on any atom is -0.496 e. The van der Waals surface area contributed by atoms with Crippen molar-refractivity contribution in [2.24, 2.45) is 0 Å². The van der Waals surface area contributed by atoms with Crippen LogP contribution in [0.2, 0.25) is 0 Å². The van der Waals surface area contributed by atoms with Crippen molar-refractivity contribution in [1.29, 1.82) is 0 Å². The molecule has 2 aromatic heterocycles. The number of aryl methyl sites for hydroxylation is 1. The molecule has 0 saturated carbocycles. The molecule has 0 spiro atoms. The molecule has 158 valence electrons. The number of alkyl halides is 2. The standard InChI is InChI=1S/C21H23F2N5O2/c1-13-9-14(3-4-18(13)30-2)10-19(29)27-7-5-15(6-8-27)16-11-17(20(22)23)28-21(26-16)24-12-25-28/h3-4,9,11-12,15,20H,5-8,10H2,1-2H3. The third-order valence-corrected chi connectivity index (χ3v) is 5.60. The van der Waals surface area contributed by atoms with Gasteiger partial charge in [0.15, 0.2) is 0 Å². The molecule has 0 N–H and O–H groups in total. The van der Waals surface area contributed by atoms with Gasteiger partial charge < -0.3 is 9.64 Å². The summed E-state index contributed by atoms with van der Waals surface area (Å²) in [6, 6.07) is 7.15. The highest BCUT2D eigenvalue weighted by molar-refractivity contribution is 5.79. The highest BCUT2D eigenvalue weighted by Gasteiger charge is 2.27. The number of ether oxygens (including phenoxy) is 1. The number of carbonyl (C=O) groups is 1. The molecule has 0 unspecified atom stereocenters. The SMILES string of the molecule is COc1ccc(CC(=O)N2CCC(c3cc(C(F)F)n4ncnc4n3)CC2)cc1C. The molecule has 3 heterocycles. The van der Waals surface area contributed by atoms with E-state index in [4.69, 9.17) is 4.74 Å². The maximum absolute atomic E-state index is 13.4. The lowest BCUT2D eigenvalue weighted by atomic mass is 9.92. The van der Waals surface area contributed by atoms with Gasteiger partial charge in [0.05, 0.1) is 13.5 Å². The number of likely N-dealkylation sites (tertiary alicyclic amines) is 1. The third-order valence-electron chi connectivity index (χ3n) is 5.60. The fourth-order valence-corrected chi connectivity index (χ4v) is 3.98. The molecule has 3 aromatic rings. The van der Waals surface area contributed by atoms with Gasteiger partial charge in [-0.2, -0.15) is 14.6 Å². The van der Waals surface area contributed by atoms with Crippen molar-refractivity contribution < 1.29 is 18.3 Å². The van der Waals surface area contributed by atoms with Gasteiger partial charge in [0, 0.05) is 24.7 Å². The summed E-state index contributed by atoms with van der Waals surface area (Å²) >= 11 is 0. The Morgan fingerprint density at radius 2 is 2.03 bits per heavy atom. The molecule has 0 radical (unpaired) electrons. The van der Waals surface area contributed by atoms with Gasteiger partial charge in [0.2, 0.25) is 5.91 Å². The monoisotopic (exact) mass is 415 g/mol. The highest BCUT2D eigenvalue weighted by atomic mass is 19.3. The first-order chi connectivity index (χ1) is 14.5. The first-order valence-corrected chi connectivity index (χ1v) is 9.86. The lowest BCUT2D eigenvalue weighted by molar-refractivity contribution is -0.131. The van der Waals surface area contributed by atoms with Crippen LogP contribution in [-0.2, 0) is 11.2 Å². The van der Waals surface area contributed by atoms with Crippen molar-refractivity contribution in [2.45, 2.75) is 38.5 Å². The van der Waals surface area contributed by atoms with Crippen LogP contribution in [0.1, 0.15) is 47.7 Å². The number of amides is 1. The summed E-state index contributed by atoms with van der Waals surface area (Å²) in [5.41, 5.74) is 2.32. The number of carbonyl (C=O) groups excluding carboxylic acids is 1. The van der Waals surface area contributed by atoms with Crippen LogP contribution in [0.15, 0.2) is 30.6 Å². The number of hydrogen-bond acceptors (Lipinski definition) is 5. The first-order valence-electron chi connectivity index (χ1n) is 9.86. The third kappa shape index (κ3) is 3.96. The zero-order valence-corrected chi connectivity index (χ0v) is 16.9. The maximum atomic E-state index is 13.4. The Labute approximate surface area is 172 Å². The second-order valence-corrected chi connectivity index (χ2v) is 7.51. The summed E-state index contributed by atoms with van der Waals surface area (Å²) in [4.78, 5) is 22.9. The van der Waals surface area contributed by atoms with Crippen molar-refractivity contribution in [1.82, 2.24) is 24.5 Å². The zero-order valence-electron chi connectivity index (χ0n) is 16.9. The van der Waals surface area contributed by atoms with Gasteiger partial charge in [-0.15, -0.1) is 0 Å². The van der Waals surface area contributed by atoms with E-state index < -0.39 is 6.43 Å². The zero-order chi connectivity index (χ0) is 21.3. The lowest BCUT2D eigenvalue weighted by Crippen LogP contribution is -2.39. The second-order valence-electron chi connectivity index (χ2n) is 7.51. The number of fused-ring (bicyclic) bond motifs is 1. The van der Waals surface area contributed by atoms with Gasteiger partial charge in [-0.25, -0.2) is 13.8 Å². The largest absolute Gasteiger partial charge is 0.496 e. The van der Waals surface area contributed by atoms with Gasteiger partial charge in [-0.3, -0.25) is 4.79 Å². The molecular formula is C21H23F2N5O2. The van der Waals surface area contributed by atoms with E-state index in [2.05, 4.69) is 15.1 Å².